The number of halogens is 8. The van der Waals surface area contributed by atoms with Gasteiger partial charge in [-0.3, -0.25) is 4.72 Å². The van der Waals surface area contributed by atoms with E-state index in [0.717, 1.165) is 0 Å². The molecule has 0 amide bonds. The highest BCUT2D eigenvalue weighted by molar-refractivity contribution is 7.92. The van der Waals surface area contributed by atoms with Crippen LogP contribution >= 0.6 is 0 Å². The average molecular weight is 465 g/mol. The van der Waals surface area contributed by atoms with Crippen LogP contribution in [-0.4, -0.2) is 34.0 Å². The maximum absolute atomic E-state index is 13.8. The van der Waals surface area contributed by atoms with Gasteiger partial charge in [-0.05, 0) is 12.1 Å². The molecule has 0 unspecified atom stereocenters. The summed E-state index contributed by atoms with van der Waals surface area (Å²) in [6.45, 7) is -3.65. The minimum atomic E-state index is -4.79. The quantitative estimate of drug-likeness (QED) is 0.605. The molecule has 0 saturated heterocycles. The predicted octanol–water partition coefficient (Wildman–Crippen LogP) is 4.65. The molecule has 5 nitrogen and oxygen atoms in total. The van der Waals surface area contributed by atoms with Crippen LogP contribution in [-0.2, 0) is 10.0 Å². The fourth-order valence-corrected chi connectivity index (χ4v) is 3.13. The maximum Gasteiger partial charge on any atom is 0.422 e. The van der Waals surface area contributed by atoms with Crippen molar-refractivity contribution >= 4 is 15.7 Å². The lowest BCUT2D eigenvalue weighted by Crippen LogP contribution is -2.20. The van der Waals surface area contributed by atoms with Crippen molar-refractivity contribution in [2.24, 2.45) is 0 Å². The van der Waals surface area contributed by atoms with Gasteiger partial charge >= 0.3 is 12.4 Å². The molecule has 30 heavy (non-hydrogen) atoms. The molecule has 0 spiro atoms. The SMILES string of the molecule is O=S(=O)(Nc1cc(OCC(F)(F)F)cc(OCC(F)(F)F)c1)c1ccc(F)cc1F. The van der Waals surface area contributed by atoms with Crippen LogP contribution in [0.2, 0.25) is 0 Å². The van der Waals surface area contributed by atoms with Gasteiger partial charge in [-0.2, -0.15) is 26.3 Å². The van der Waals surface area contributed by atoms with Gasteiger partial charge in [-0.1, -0.05) is 0 Å². The maximum atomic E-state index is 13.8. The fourth-order valence-electron chi connectivity index (χ4n) is 2.03. The van der Waals surface area contributed by atoms with Crippen molar-refractivity contribution in [3.63, 3.8) is 0 Å². The van der Waals surface area contributed by atoms with Gasteiger partial charge in [-0.15, -0.1) is 0 Å². The second-order valence-electron chi connectivity index (χ2n) is 5.68. The van der Waals surface area contributed by atoms with E-state index in [1.165, 1.54) is 0 Å². The van der Waals surface area contributed by atoms with Gasteiger partial charge in [0.2, 0.25) is 0 Å². The molecular formula is C16H11F8NO4S. The normalized spacial score (nSPS) is 12.5. The molecule has 2 aromatic carbocycles. The molecule has 0 atom stereocenters. The Morgan fingerprint density at radius 2 is 1.30 bits per heavy atom. The first-order chi connectivity index (χ1) is 13.6. The third kappa shape index (κ3) is 7.24. The van der Waals surface area contributed by atoms with E-state index in [0.29, 0.717) is 30.3 Å². The van der Waals surface area contributed by atoms with Gasteiger partial charge in [0.1, 0.15) is 28.0 Å². The van der Waals surface area contributed by atoms with Crippen molar-refractivity contribution in [3.8, 4) is 11.5 Å². The Morgan fingerprint density at radius 1 is 0.800 bits per heavy atom. The van der Waals surface area contributed by atoms with Crippen LogP contribution < -0.4 is 14.2 Å². The van der Waals surface area contributed by atoms with Crippen molar-refractivity contribution in [3.05, 3.63) is 48.0 Å². The minimum absolute atomic E-state index is 0.273. The Hall–Kier alpha value is -2.77. The summed E-state index contributed by atoms with van der Waals surface area (Å²) in [5.74, 6) is -3.90. The van der Waals surface area contributed by atoms with Gasteiger partial charge in [0, 0.05) is 24.3 Å². The molecule has 14 heteroatoms. The second-order valence-corrected chi connectivity index (χ2v) is 7.33. The Morgan fingerprint density at radius 3 is 1.73 bits per heavy atom. The summed E-state index contributed by atoms with van der Waals surface area (Å²) in [5, 5.41) is 0. The average Bonchev–Trinajstić information content (AvgIpc) is 2.56. The number of rotatable bonds is 7. The monoisotopic (exact) mass is 465 g/mol. The number of hydrogen-bond acceptors (Lipinski definition) is 4. The number of ether oxygens (including phenoxy) is 2. The van der Waals surface area contributed by atoms with Crippen LogP contribution in [0.3, 0.4) is 0 Å². The molecule has 166 valence electrons. The van der Waals surface area contributed by atoms with E-state index < -0.39 is 69.3 Å². The molecular weight excluding hydrogens is 454 g/mol. The number of alkyl halides is 6. The number of benzene rings is 2. The lowest BCUT2D eigenvalue weighted by atomic mass is 10.3. The Labute approximate surface area is 164 Å². The predicted molar refractivity (Wildman–Crippen MR) is 86.7 cm³/mol. The van der Waals surface area contributed by atoms with Crippen LogP contribution in [0, 0.1) is 11.6 Å². The summed E-state index contributed by atoms with van der Waals surface area (Å²) in [5.41, 5.74) is -0.587. The van der Waals surface area contributed by atoms with Crippen molar-refractivity contribution in [1.82, 2.24) is 0 Å². The Balaban J connectivity index is 2.36. The molecule has 0 radical (unpaired) electrons. The first-order valence-corrected chi connectivity index (χ1v) is 9.15. The van der Waals surface area contributed by atoms with Crippen LogP contribution in [0.4, 0.5) is 40.8 Å². The first kappa shape index (κ1) is 23.5. The fraction of sp³-hybridized carbons (Fsp3) is 0.250. The van der Waals surface area contributed by atoms with E-state index >= 15 is 0 Å². The first-order valence-electron chi connectivity index (χ1n) is 7.67. The number of sulfonamides is 1. The number of anilines is 1. The van der Waals surface area contributed by atoms with Gasteiger partial charge in [0.05, 0.1) is 5.69 Å². The zero-order chi connectivity index (χ0) is 22.7. The highest BCUT2D eigenvalue weighted by atomic mass is 32.2. The third-order valence-electron chi connectivity index (χ3n) is 3.12. The summed E-state index contributed by atoms with van der Waals surface area (Å²) in [7, 11) is -4.73. The van der Waals surface area contributed by atoms with E-state index in [1.54, 1.807) is 4.72 Å². The van der Waals surface area contributed by atoms with Crippen molar-refractivity contribution in [2.75, 3.05) is 17.9 Å². The molecule has 0 aliphatic heterocycles. The number of nitrogens with one attached hydrogen (secondary N) is 1. The largest absolute Gasteiger partial charge is 0.484 e. The molecule has 2 aromatic rings. The smallest absolute Gasteiger partial charge is 0.422 e. The van der Waals surface area contributed by atoms with E-state index in [-0.39, 0.29) is 6.07 Å². The lowest BCUT2D eigenvalue weighted by Gasteiger charge is -2.15. The van der Waals surface area contributed by atoms with Crippen molar-refractivity contribution in [2.45, 2.75) is 17.2 Å². The molecule has 0 bridgehead atoms. The third-order valence-corrected chi connectivity index (χ3v) is 4.54. The summed E-state index contributed by atoms with van der Waals surface area (Å²) in [6, 6.07) is 3.59. The Kier molecular flexibility index (Phi) is 6.69. The highest BCUT2D eigenvalue weighted by Gasteiger charge is 2.30. The topological polar surface area (TPSA) is 64.6 Å². The van der Waals surface area contributed by atoms with E-state index in [4.69, 9.17) is 0 Å². The molecule has 2 rings (SSSR count). The van der Waals surface area contributed by atoms with Crippen LogP contribution in [0.15, 0.2) is 41.3 Å². The zero-order valence-electron chi connectivity index (χ0n) is 14.4. The summed E-state index contributed by atoms with van der Waals surface area (Å²) in [4.78, 5) is -1.01. The molecule has 0 aliphatic carbocycles. The van der Waals surface area contributed by atoms with Crippen LogP contribution in [0.5, 0.6) is 11.5 Å². The molecule has 0 aliphatic rings. The van der Waals surface area contributed by atoms with Gasteiger partial charge < -0.3 is 9.47 Å². The van der Waals surface area contributed by atoms with E-state index in [2.05, 4.69) is 9.47 Å². The van der Waals surface area contributed by atoms with Crippen molar-refractivity contribution < 1.29 is 53.0 Å². The minimum Gasteiger partial charge on any atom is -0.484 e. The van der Waals surface area contributed by atoms with Gasteiger partial charge in [0.15, 0.2) is 13.2 Å². The zero-order valence-corrected chi connectivity index (χ0v) is 15.3. The lowest BCUT2D eigenvalue weighted by molar-refractivity contribution is -0.153. The highest BCUT2D eigenvalue weighted by Crippen LogP contribution is 2.31. The summed E-state index contributed by atoms with van der Waals surface area (Å²) < 4.78 is 136. The molecule has 0 saturated carbocycles. The number of hydrogen-bond donors (Lipinski definition) is 1. The molecule has 0 fully saturated rings. The summed E-state index contributed by atoms with van der Waals surface area (Å²) in [6.07, 6.45) is -9.58. The van der Waals surface area contributed by atoms with Crippen molar-refractivity contribution in [1.29, 1.82) is 0 Å². The van der Waals surface area contributed by atoms with Crippen LogP contribution in [0.25, 0.3) is 0 Å². The van der Waals surface area contributed by atoms with Gasteiger partial charge in [-0.25, -0.2) is 17.2 Å². The molecule has 0 aromatic heterocycles. The Bertz CT molecular complexity index is 969. The second kappa shape index (κ2) is 8.53. The molecule has 0 heterocycles. The van der Waals surface area contributed by atoms with Gasteiger partial charge in [0.25, 0.3) is 10.0 Å². The van der Waals surface area contributed by atoms with Crippen LogP contribution in [0.1, 0.15) is 0 Å². The summed E-state index contributed by atoms with van der Waals surface area (Å²) >= 11 is 0. The standard InChI is InChI=1S/C16H11F8NO4S/c17-9-1-2-14(13(18)3-9)30(26,27)25-10-4-11(28-7-15(19,20)21)6-12(5-10)29-8-16(22,23)24/h1-6,25H,7-8H2. The van der Waals surface area contributed by atoms with E-state index in [9.17, 15) is 43.5 Å². The molecule has 1 N–H and O–H groups in total. The van der Waals surface area contributed by atoms with E-state index in [1.807, 2.05) is 0 Å².